The largest absolute Gasteiger partial charge is 0.485 e. The number of para-hydroxylation sites is 1. The minimum atomic E-state index is -0.590. The van der Waals surface area contributed by atoms with E-state index in [1.165, 1.54) is 0 Å². The fourth-order valence-corrected chi connectivity index (χ4v) is 3.78. The molecule has 4 aromatic rings. The first-order valence-electron chi connectivity index (χ1n) is 9.66. The Morgan fingerprint density at radius 3 is 2.40 bits per heavy atom. The predicted octanol–water partition coefficient (Wildman–Crippen LogP) is 4.51. The number of nitrogens with two attached hydrogens (primary N) is 1. The number of benzene rings is 3. The van der Waals surface area contributed by atoms with Crippen LogP contribution in [0.5, 0.6) is 5.75 Å². The number of aryl methyl sites for hydroxylation is 2. The van der Waals surface area contributed by atoms with Crippen LogP contribution in [0.3, 0.4) is 0 Å². The van der Waals surface area contributed by atoms with Crippen molar-refractivity contribution in [2.45, 2.75) is 6.92 Å². The van der Waals surface area contributed by atoms with Crippen LogP contribution in [0.4, 0.5) is 0 Å². The Morgan fingerprint density at radius 1 is 0.967 bits per heavy atom. The van der Waals surface area contributed by atoms with Crippen molar-refractivity contribution in [3.8, 4) is 17.0 Å². The number of nitrogens with zero attached hydrogens (tertiary/aromatic N) is 1. The summed E-state index contributed by atoms with van der Waals surface area (Å²) in [6.45, 7) is 1.69. The molecule has 1 heterocycles. The molecule has 0 bridgehead atoms. The number of fused-ring (bicyclic) bond motifs is 1. The minimum absolute atomic E-state index is 0.164. The maximum atomic E-state index is 13.4. The number of primary amides is 1. The molecule has 5 heteroatoms. The van der Waals surface area contributed by atoms with Gasteiger partial charge in [-0.05, 0) is 36.2 Å². The maximum absolute atomic E-state index is 13.4. The van der Waals surface area contributed by atoms with Gasteiger partial charge in [0.1, 0.15) is 5.75 Å². The normalized spacial score (nSPS) is 10.9. The lowest BCUT2D eigenvalue weighted by Gasteiger charge is -2.11. The van der Waals surface area contributed by atoms with Crippen LogP contribution in [-0.2, 0) is 7.05 Å². The summed E-state index contributed by atoms with van der Waals surface area (Å²) in [6.07, 6.45) is 0. The van der Waals surface area contributed by atoms with Gasteiger partial charge in [0.05, 0.1) is 16.8 Å². The van der Waals surface area contributed by atoms with Gasteiger partial charge < -0.3 is 15.0 Å². The van der Waals surface area contributed by atoms with Gasteiger partial charge in [0.25, 0.3) is 5.91 Å². The van der Waals surface area contributed by atoms with Gasteiger partial charge in [-0.1, -0.05) is 54.6 Å². The highest BCUT2D eigenvalue weighted by atomic mass is 16.5. The molecule has 0 radical (unpaired) electrons. The number of carbonyl (C=O) groups excluding carboxylic acids is 2. The number of hydrogen-bond donors (Lipinski definition) is 1. The molecule has 0 aliphatic rings. The number of ether oxygens (including phenoxy) is 1. The quantitative estimate of drug-likeness (QED) is 0.486. The number of Topliss-reactive ketones (excluding diaryl/α,β-unsaturated/α-hetero) is 1. The van der Waals surface area contributed by atoms with Crippen LogP contribution in [0, 0.1) is 6.92 Å². The Bertz CT molecular complexity index is 1260. The summed E-state index contributed by atoms with van der Waals surface area (Å²) in [5, 5.41) is 0.867. The predicted molar refractivity (Wildman–Crippen MR) is 118 cm³/mol. The van der Waals surface area contributed by atoms with E-state index in [1.807, 2.05) is 73.1 Å². The Balaban J connectivity index is 1.76. The topological polar surface area (TPSA) is 74.3 Å². The second-order valence-corrected chi connectivity index (χ2v) is 7.24. The standard InChI is InChI=1S/C25H22N2O3/c1-16-12-13-19(25(26)29)22(14-16)30-15-21(28)23-18-10-6-7-11-20(18)27(2)24(23)17-8-4-3-5-9-17/h3-14H,15H2,1-2H3,(H2,26,29). The average molecular weight is 398 g/mol. The van der Waals surface area contributed by atoms with Crippen LogP contribution < -0.4 is 10.5 Å². The third-order valence-corrected chi connectivity index (χ3v) is 5.19. The number of aromatic nitrogens is 1. The Labute approximate surface area is 174 Å². The molecule has 5 nitrogen and oxygen atoms in total. The van der Waals surface area contributed by atoms with E-state index in [9.17, 15) is 9.59 Å². The van der Waals surface area contributed by atoms with Crippen molar-refractivity contribution in [3.05, 3.63) is 89.5 Å². The molecule has 4 rings (SSSR count). The zero-order valence-corrected chi connectivity index (χ0v) is 16.9. The molecule has 30 heavy (non-hydrogen) atoms. The third-order valence-electron chi connectivity index (χ3n) is 5.19. The van der Waals surface area contributed by atoms with Gasteiger partial charge >= 0.3 is 0 Å². The highest BCUT2D eigenvalue weighted by Crippen LogP contribution is 2.33. The second kappa shape index (κ2) is 7.87. The van der Waals surface area contributed by atoms with Crippen molar-refractivity contribution in [2.75, 3.05) is 6.61 Å². The molecule has 0 fully saturated rings. The van der Waals surface area contributed by atoms with E-state index >= 15 is 0 Å². The van der Waals surface area contributed by atoms with Gasteiger partial charge in [-0.25, -0.2) is 0 Å². The number of ketones is 1. The summed E-state index contributed by atoms with van der Waals surface area (Å²) in [6, 6.07) is 22.7. The third kappa shape index (κ3) is 3.46. The van der Waals surface area contributed by atoms with Gasteiger partial charge in [-0.3, -0.25) is 9.59 Å². The molecule has 1 amide bonds. The second-order valence-electron chi connectivity index (χ2n) is 7.24. The zero-order chi connectivity index (χ0) is 21.3. The van der Waals surface area contributed by atoms with Crippen molar-refractivity contribution in [2.24, 2.45) is 12.8 Å². The lowest BCUT2D eigenvalue weighted by atomic mass is 10.0. The summed E-state index contributed by atoms with van der Waals surface area (Å²) in [5.74, 6) is -0.437. The van der Waals surface area contributed by atoms with Gasteiger partial charge in [-0.15, -0.1) is 0 Å². The van der Waals surface area contributed by atoms with Gasteiger partial charge in [-0.2, -0.15) is 0 Å². The fourth-order valence-electron chi connectivity index (χ4n) is 3.78. The molecule has 1 aromatic heterocycles. The molecule has 150 valence electrons. The first kappa shape index (κ1) is 19.5. The van der Waals surface area contributed by atoms with Gasteiger partial charge in [0.2, 0.25) is 5.78 Å². The zero-order valence-electron chi connectivity index (χ0n) is 16.9. The van der Waals surface area contributed by atoms with Crippen molar-refractivity contribution in [3.63, 3.8) is 0 Å². The number of carbonyl (C=O) groups is 2. The summed E-state index contributed by atoms with van der Waals surface area (Å²) in [7, 11) is 1.95. The SMILES string of the molecule is Cc1ccc(C(N)=O)c(OCC(=O)c2c(-c3ccccc3)n(C)c3ccccc23)c1. The molecule has 3 aromatic carbocycles. The van der Waals surface area contributed by atoms with Crippen molar-refractivity contribution in [1.29, 1.82) is 0 Å². The van der Waals surface area contributed by atoms with E-state index in [0.29, 0.717) is 11.3 Å². The van der Waals surface area contributed by atoms with Crippen LogP contribution in [0.25, 0.3) is 22.2 Å². The van der Waals surface area contributed by atoms with Crippen molar-refractivity contribution < 1.29 is 14.3 Å². The molecule has 0 spiro atoms. The van der Waals surface area contributed by atoms with E-state index in [2.05, 4.69) is 0 Å². The Hall–Kier alpha value is -3.86. The van der Waals surface area contributed by atoms with E-state index in [1.54, 1.807) is 18.2 Å². The summed E-state index contributed by atoms with van der Waals surface area (Å²) >= 11 is 0. The van der Waals surface area contributed by atoms with E-state index < -0.39 is 5.91 Å². The van der Waals surface area contributed by atoms with E-state index in [4.69, 9.17) is 10.5 Å². The minimum Gasteiger partial charge on any atom is -0.485 e. The molecule has 0 atom stereocenters. The highest BCUT2D eigenvalue weighted by Gasteiger charge is 2.23. The summed E-state index contributed by atoms with van der Waals surface area (Å²) < 4.78 is 7.81. The van der Waals surface area contributed by atoms with Gasteiger partial charge in [0, 0.05) is 18.0 Å². The molecule has 0 saturated carbocycles. The van der Waals surface area contributed by atoms with Crippen LogP contribution in [-0.4, -0.2) is 22.9 Å². The lowest BCUT2D eigenvalue weighted by Crippen LogP contribution is -2.17. The molecule has 0 aliphatic carbocycles. The summed E-state index contributed by atoms with van der Waals surface area (Å²) in [5.41, 5.74) is 9.99. The Kier molecular flexibility index (Phi) is 5.11. The monoisotopic (exact) mass is 398 g/mol. The number of hydrogen-bond acceptors (Lipinski definition) is 3. The maximum Gasteiger partial charge on any atom is 0.252 e. The molecule has 2 N–H and O–H groups in total. The van der Waals surface area contributed by atoms with Crippen LogP contribution >= 0.6 is 0 Å². The highest BCUT2D eigenvalue weighted by molar-refractivity contribution is 6.14. The summed E-state index contributed by atoms with van der Waals surface area (Å²) in [4.78, 5) is 25.1. The first-order valence-corrected chi connectivity index (χ1v) is 9.66. The molecular formula is C25H22N2O3. The van der Waals surface area contributed by atoms with E-state index in [-0.39, 0.29) is 18.0 Å². The Morgan fingerprint density at radius 2 is 1.67 bits per heavy atom. The van der Waals surface area contributed by atoms with E-state index in [0.717, 1.165) is 27.7 Å². The number of rotatable bonds is 6. The van der Waals surface area contributed by atoms with Crippen molar-refractivity contribution >= 4 is 22.6 Å². The van der Waals surface area contributed by atoms with Crippen LogP contribution in [0.15, 0.2) is 72.8 Å². The molecule has 0 aliphatic heterocycles. The molecular weight excluding hydrogens is 376 g/mol. The van der Waals surface area contributed by atoms with Crippen LogP contribution in [0.2, 0.25) is 0 Å². The average Bonchev–Trinajstić information content (AvgIpc) is 3.05. The number of amides is 1. The fraction of sp³-hybridized carbons (Fsp3) is 0.120. The molecule has 0 saturated heterocycles. The molecule has 0 unspecified atom stereocenters. The van der Waals surface area contributed by atoms with Gasteiger partial charge in [0.15, 0.2) is 6.61 Å². The van der Waals surface area contributed by atoms with Crippen molar-refractivity contribution in [1.82, 2.24) is 4.57 Å². The first-order chi connectivity index (χ1) is 14.5. The van der Waals surface area contributed by atoms with Crippen LogP contribution in [0.1, 0.15) is 26.3 Å². The lowest BCUT2D eigenvalue weighted by molar-refractivity contribution is 0.0914. The smallest absolute Gasteiger partial charge is 0.252 e.